The van der Waals surface area contributed by atoms with Crippen LogP contribution in [0.2, 0.25) is 0 Å². The third kappa shape index (κ3) is 4.08. The van der Waals surface area contributed by atoms with Gasteiger partial charge >= 0.3 is 0 Å². The van der Waals surface area contributed by atoms with Gasteiger partial charge in [-0.15, -0.1) is 0 Å². The maximum absolute atomic E-state index is 5.89. The molecular weight excluding hydrogens is 248 g/mol. The van der Waals surface area contributed by atoms with Crippen molar-refractivity contribution < 1.29 is 4.74 Å². The summed E-state index contributed by atoms with van der Waals surface area (Å²) < 4.78 is 5.54. The molecule has 0 aliphatic rings. The van der Waals surface area contributed by atoms with Crippen LogP contribution in [0.5, 0.6) is 5.75 Å². The highest BCUT2D eigenvalue weighted by Gasteiger charge is 2.09. The molecule has 2 rings (SSSR count). The number of rotatable bonds is 7. The molecule has 0 aliphatic carbocycles. The van der Waals surface area contributed by atoms with Crippen molar-refractivity contribution in [3.63, 3.8) is 0 Å². The number of ether oxygens (including phenoxy) is 1. The number of nitrogens with two attached hydrogens (primary N) is 1. The Balaban J connectivity index is 2.02. The highest BCUT2D eigenvalue weighted by molar-refractivity contribution is 5.31. The molecule has 0 aliphatic heterocycles. The lowest BCUT2D eigenvalue weighted by Crippen LogP contribution is -2.27. The Hall–Kier alpha value is -1.84. The quantitative estimate of drug-likeness (QED) is 0.813. The highest BCUT2D eigenvalue weighted by Crippen LogP contribution is 2.19. The summed E-state index contributed by atoms with van der Waals surface area (Å²) >= 11 is 0. The van der Waals surface area contributed by atoms with Crippen LogP contribution < -0.4 is 15.8 Å². The molecule has 2 aromatic rings. The van der Waals surface area contributed by atoms with E-state index in [0.717, 1.165) is 17.9 Å². The van der Waals surface area contributed by atoms with Crippen molar-refractivity contribution in [1.82, 2.24) is 5.32 Å². The van der Waals surface area contributed by atoms with Crippen LogP contribution in [0.15, 0.2) is 54.6 Å². The second-order valence-corrected chi connectivity index (χ2v) is 4.66. The van der Waals surface area contributed by atoms with E-state index in [-0.39, 0.29) is 6.04 Å². The highest BCUT2D eigenvalue weighted by atomic mass is 16.5. The van der Waals surface area contributed by atoms with E-state index in [1.54, 1.807) is 0 Å². The molecule has 0 amide bonds. The molecule has 3 N–H and O–H groups in total. The Morgan fingerprint density at radius 2 is 1.90 bits per heavy atom. The molecule has 20 heavy (non-hydrogen) atoms. The average molecular weight is 270 g/mol. The molecule has 2 aromatic carbocycles. The maximum Gasteiger partial charge on any atom is 0.119 e. The van der Waals surface area contributed by atoms with Gasteiger partial charge in [-0.25, -0.2) is 0 Å². The second-order valence-electron chi connectivity index (χ2n) is 4.66. The van der Waals surface area contributed by atoms with Gasteiger partial charge in [-0.05, 0) is 30.2 Å². The van der Waals surface area contributed by atoms with Crippen LogP contribution >= 0.6 is 0 Å². The minimum absolute atomic E-state index is 0.135. The fourth-order valence-corrected chi connectivity index (χ4v) is 2.16. The zero-order valence-electron chi connectivity index (χ0n) is 11.9. The molecule has 0 heterocycles. The predicted octanol–water partition coefficient (Wildman–Crippen LogP) is 2.87. The summed E-state index contributed by atoms with van der Waals surface area (Å²) in [6, 6.07) is 18.6. The lowest BCUT2D eigenvalue weighted by atomic mass is 10.1. The molecule has 3 heteroatoms. The molecule has 106 valence electrons. The monoisotopic (exact) mass is 270 g/mol. The third-order valence-corrected chi connectivity index (χ3v) is 3.20. The first-order chi connectivity index (χ1) is 9.83. The minimum atomic E-state index is 0.135. The van der Waals surface area contributed by atoms with E-state index in [2.05, 4.69) is 29.6 Å². The first-order valence-corrected chi connectivity index (χ1v) is 7.03. The van der Waals surface area contributed by atoms with Crippen molar-refractivity contribution in [2.45, 2.75) is 19.5 Å². The number of nitrogens with one attached hydrogen (secondary N) is 1. The molecule has 0 fully saturated rings. The van der Waals surface area contributed by atoms with Crippen molar-refractivity contribution in [3.8, 4) is 5.75 Å². The average Bonchev–Trinajstić information content (AvgIpc) is 2.50. The van der Waals surface area contributed by atoms with Gasteiger partial charge in [-0.3, -0.25) is 0 Å². The standard InChI is InChI=1S/C17H22N2O/c1-2-20-16-10-6-9-15(11-16)17(12-18)19-13-14-7-4-3-5-8-14/h3-11,17,19H,2,12-13,18H2,1H3. The first kappa shape index (κ1) is 14.6. The summed E-state index contributed by atoms with van der Waals surface area (Å²) in [7, 11) is 0. The fraction of sp³-hybridized carbons (Fsp3) is 0.294. The molecule has 0 spiro atoms. The van der Waals surface area contributed by atoms with Crippen LogP contribution in [0.1, 0.15) is 24.1 Å². The van der Waals surface area contributed by atoms with E-state index in [1.807, 2.05) is 37.3 Å². The molecular formula is C17H22N2O. The topological polar surface area (TPSA) is 47.3 Å². The van der Waals surface area contributed by atoms with Crippen molar-refractivity contribution in [2.24, 2.45) is 5.73 Å². The summed E-state index contributed by atoms with van der Waals surface area (Å²) in [5.74, 6) is 0.893. The molecule has 1 unspecified atom stereocenters. The van der Waals surface area contributed by atoms with E-state index in [1.165, 1.54) is 5.56 Å². The van der Waals surface area contributed by atoms with Gasteiger partial charge in [0.1, 0.15) is 5.75 Å². The van der Waals surface area contributed by atoms with Gasteiger partial charge in [0.15, 0.2) is 0 Å². The Morgan fingerprint density at radius 1 is 1.10 bits per heavy atom. The molecule has 0 aromatic heterocycles. The minimum Gasteiger partial charge on any atom is -0.494 e. The van der Waals surface area contributed by atoms with E-state index in [0.29, 0.717) is 13.2 Å². The van der Waals surface area contributed by atoms with Gasteiger partial charge in [0, 0.05) is 19.1 Å². The maximum atomic E-state index is 5.89. The smallest absolute Gasteiger partial charge is 0.119 e. The van der Waals surface area contributed by atoms with Gasteiger partial charge in [0.05, 0.1) is 6.61 Å². The Bertz CT molecular complexity index is 513. The Kier molecular flexibility index (Phi) is 5.59. The molecule has 1 atom stereocenters. The van der Waals surface area contributed by atoms with E-state index < -0.39 is 0 Å². The van der Waals surface area contributed by atoms with Crippen molar-refractivity contribution in [2.75, 3.05) is 13.2 Å². The third-order valence-electron chi connectivity index (χ3n) is 3.20. The largest absolute Gasteiger partial charge is 0.494 e. The molecule has 0 radical (unpaired) electrons. The van der Waals surface area contributed by atoms with Crippen LogP contribution in [0, 0.1) is 0 Å². The second kappa shape index (κ2) is 7.68. The first-order valence-electron chi connectivity index (χ1n) is 7.03. The zero-order valence-corrected chi connectivity index (χ0v) is 11.9. The number of benzene rings is 2. The van der Waals surface area contributed by atoms with E-state index in [9.17, 15) is 0 Å². The van der Waals surface area contributed by atoms with Crippen LogP contribution in [-0.4, -0.2) is 13.2 Å². The van der Waals surface area contributed by atoms with Crippen LogP contribution in [0.25, 0.3) is 0 Å². The molecule has 0 saturated heterocycles. The lowest BCUT2D eigenvalue weighted by molar-refractivity contribution is 0.339. The van der Waals surface area contributed by atoms with Crippen LogP contribution in [-0.2, 0) is 6.54 Å². The van der Waals surface area contributed by atoms with E-state index >= 15 is 0 Å². The van der Waals surface area contributed by atoms with Gasteiger partial charge in [0.25, 0.3) is 0 Å². The van der Waals surface area contributed by atoms with Crippen LogP contribution in [0.4, 0.5) is 0 Å². The Morgan fingerprint density at radius 3 is 2.60 bits per heavy atom. The van der Waals surface area contributed by atoms with Crippen LogP contribution in [0.3, 0.4) is 0 Å². The SMILES string of the molecule is CCOc1cccc(C(CN)NCc2ccccc2)c1. The molecule has 0 saturated carbocycles. The molecule has 3 nitrogen and oxygen atoms in total. The normalized spacial score (nSPS) is 12.1. The molecule has 0 bridgehead atoms. The lowest BCUT2D eigenvalue weighted by Gasteiger charge is -2.18. The zero-order chi connectivity index (χ0) is 14.2. The van der Waals surface area contributed by atoms with Crippen molar-refractivity contribution >= 4 is 0 Å². The van der Waals surface area contributed by atoms with Gasteiger partial charge in [0.2, 0.25) is 0 Å². The number of hydrogen-bond acceptors (Lipinski definition) is 3. The summed E-state index contributed by atoms with van der Waals surface area (Å²) in [6.45, 7) is 4.03. The summed E-state index contributed by atoms with van der Waals surface area (Å²) in [5, 5.41) is 3.49. The van der Waals surface area contributed by atoms with Gasteiger partial charge < -0.3 is 15.8 Å². The summed E-state index contributed by atoms with van der Waals surface area (Å²) in [5.41, 5.74) is 8.31. The summed E-state index contributed by atoms with van der Waals surface area (Å²) in [4.78, 5) is 0. The van der Waals surface area contributed by atoms with Gasteiger partial charge in [-0.1, -0.05) is 42.5 Å². The number of hydrogen-bond donors (Lipinski definition) is 2. The Labute approximate surface area is 120 Å². The van der Waals surface area contributed by atoms with Crippen molar-refractivity contribution in [3.05, 3.63) is 65.7 Å². The van der Waals surface area contributed by atoms with Gasteiger partial charge in [-0.2, -0.15) is 0 Å². The van der Waals surface area contributed by atoms with Crippen molar-refractivity contribution in [1.29, 1.82) is 0 Å². The predicted molar refractivity (Wildman–Crippen MR) is 82.7 cm³/mol. The summed E-state index contributed by atoms with van der Waals surface area (Å²) in [6.07, 6.45) is 0. The fourth-order valence-electron chi connectivity index (χ4n) is 2.16. The van der Waals surface area contributed by atoms with E-state index in [4.69, 9.17) is 10.5 Å².